The predicted molar refractivity (Wildman–Crippen MR) is 81.6 cm³/mol. The van der Waals surface area contributed by atoms with Crippen molar-refractivity contribution in [2.75, 3.05) is 33.7 Å². The Morgan fingerprint density at radius 3 is 2.85 bits per heavy atom. The van der Waals surface area contributed by atoms with Crippen molar-refractivity contribution in [3.63, 3.8) is 0 Å². The van der Waals surface area contributed by atoms with Crippen LogP contribution in [0.25, 0.3) is 0 Å². The molecule has 3 nitrogen and oxygen atoms in total. The first-order valence-electron chi connectivity index (χ1n) is 7.05. The highest BCUT2D eigenvalue weighted by Crippen LogP contribution is 2.18. The van der Waals surface area contributed by atoms with Crippen LogP contribution in [0.15, 0.2) is 18.2 Å². The van der Waals surface area contributed by atoms with Gasteiger partial charge in [0.1, 0.15) is 5.82 Å². The minimum atomic E-state index is -0.266. The van der Waals surface area contributed by atoms with Gasteiger partial charge in [0.2, 0.25) is 0 Å². The standard InChI is InChI=1S/C15H23ClFN3/c1-19-6-3-7-20(2)15(10-19)14(18)8-11-4-5-12(16)9-13(11)17/h4-5,9,14-15H,3,6-8,10,18H2,1-2H3. The van der Waals surface area contributed by atoms with E-state index in [4.69, 9.17) is 17.3 Å². The average molecular weight is 300 g/mol. The molecular formula is C15H23ClFN3. The van der Waals surface area contributed by atoms with Crippen LogP contribution in [-0.2, 0) is 6.42 Å². The van der Waals surface area contributed by atoms with Crippen LogP contribution in [0, 0.1) is 5.82 Å². The maximum absolute atomic E-state index is 13.9. The van der Waals surface area contributed by atoms with Gasteiger partial charge >= 0.3 is 0 Å². The summed E-state index contributed by atoms with van der Waals surface area (Å²) in [6.45, 7) is 3.04. The molecule has 0 aromatic heterocycles. The fourth-order valence-electron chi connectivity index (χ4n) is 2.85. The second-order valence-corrected chi connectivity index (χ2v) is 6.20. The van der Waals surface area contributed by atoms with E-state index in [0.29, 0.717) is 17.0 Å². The van der Waals surface area contributed by atoms with Crippen LogP contribution in [0.1, 0.15) is 12.0 Å². The Labute approximate surface area is 125 Å². The van der Waals surface area contributed by atoms with Crippen molar-refractivity contribution >= 4 is 11.6 Å². The molecule has 2 rings (SSSR count). The van der Waals surface area contributed by atoms with E-state index < -0.39 is 0 Å². The lowest BCUT2D eigenvalue weighted by molar-refractivity contribution is 0.194. The van der Waals surface area contributed by atoms with Crippen LogP contribution in [-0.4, -0.2) is 55.6 Å². The number of rotatable bonds is 3. The number of nitrogens with two attached hydrogens (primary N) is 1. The fraction of sp³-hybridized carbons (Fsp3) is 0.600. The van der Waals surface area contributed by atoms with Crippen molar-refractivity contribution < 1.29 is 4.39 Å². The molecule has 5 heteroatoms. The van der Waals surface area contributed by atoms with Gasteiger partial charge in [-0.1, -0.05) is 17.7 Å². The number of nitrogens with zero attached hydrogens (tertiary/aromatic N) is 2. The molecule has 2 unspecified atom stereocenters. The summed E-state index contributed by atoms with van der Waals surface area (Å²) in [6.07, 6.45) is 1.68. The predicted octanol–water partition coefficient (Wildman–Crippen LogP) is 1.98. The van der Waals surface area contributed by atoms with E-state index in [1.165, 1.54) is 6.07 Å². The van der Waals surface area contributed by atoms with Gasteiger partial charge in [0.15, 0.2) is 0 Å². The van der Waals surface area contributed by atoms with E-state index in [2.05, 4.69) is 23.9 Å². The zero-order valence-corrected chi connectivity index (χ0v) is 12.9. The summed E-state index contributed by atoms with van der Waals surface area (Å²) < 4.78 is 13.9. The Morgan fingerprint density at radius 1 is 1.40 bits per heavy atom. The van der Waals surface area contributed by atoms with Crippen LogP contribution < -0.4 is 5.73 Å². The second kappa shape index (κ2) is 6.85. The van der Waals surface area contributed by atoms with Crippen molar-refractivity contribution in [1.29, 1.82) is 0 Å². The molecule has 0 bridgehead atoms. The lowest BCUT2D eigenvalue weighted by Crippen LogP contribution is -2.51. The van der Waals surface area contributed by atoms with Crippen LogP contribution in [0.5, 0.6) is 0 Å². The molecule has 2 N–H and O–H groups in total. The number of hydrogen-bond donors (Lipinski definition) is 1. The molecular weight excluding hydrogens is 277 g/mol. The highest BCUT2D eigenvalue weighted by Gasteiger charge is 2.26. The number of hydrogen-bond acceptors (Lipinski definition) is 3. The summed E-state index contributed by atoms with van der Waals surface area (Å²) in [5.41, 5.74) is 6.98. The van der Waals surface area contributed by atoms with Crippen LogP contribution in [0.4, 0.5) is 4.39 Å². The maximum Gasteiger partial charge on any atom is 0.127 e. The Bertz CT molecular complexity index is 455. The highest BCUT2D eigenvalue weighted by molar-refractivity contribution is 6.30. The van der Waals surface area contributed by atoms with Gasteiger partial charge in [-0.2, -0.15) is 0 Å². The summed E-state index contributed by atoms with van der Waals surface area (Å²) in [5.74, 6) is -0.266. The van der Waals surface area contributed by atoms with Crippen molar-refractivity contribution in [3.8, 4) is 0 Å². The van der Waals surface area contributed by atoms with Crippen LogP contribution in [0.3, 0.4) is 0 Å². The Balaban J connectivity index is 2.07. The molecule has 1 aliphatic rings. The van der Waals surface area contributed by atoms with Gasteiger partial charge in [-0.05, 0) is 57.7 Å². The van der Waals surface area contributed by atoms with E-state index >= 15 is 0 Å². The number of likely N-dealkylation sites (N-methyl/N-ethyl adjacent to an activating group) is 2. The minimum absolute atomic E-state index is 0.0868. The van der Waals surface area contributed by atoms with Crippen LogP contribution >= 0.6 is 11.6 Å². The van der Waals surface area contributed by atoms with E-state index in [-0.39, 0.29) is 17.9 Å². The lowest BCUT2D eigenvalue weighted by Gasteiger charge is -2.32. The molecule has 1 fully saturated rings. The van der Waals surface area contributed by atoms with E-state index in [1.807, 2.05) is 0 Å². The van der Waals surface area contributed by atoms with Gasteiger partial charge in [0.25, 0.3) is 0 Å². The molecule has 0 radical (unpaired) electrons. The zero-order valence-electron chi connectivity index (χ0n) is 12.1. The maximum atomic E-state index is 13.9. The normalized spacial score (nSPS) is 23.6. The Kier molecular flexibility index (Phi) is 5.38. The summed E-state index contributed by atoms with van der Waals surface area (Å²) in [7, 11) is 4.21. The molecule has 1 aromatic rings. The fourth-order valence-corrected chi connectivity index (χ4v) is 3.00. The average Bonchev–Trinajstić information content (AvgIpc) is 2.54. The first-order valence-corrected chi connectivity index (χ1v) is 7.43. The SMILES string of the molecule is CN1CCCN(C)C(C(N)Cc2ccc(Cl)cc2F)C1. The quantitative estimate of drug-likeness (QED) is 0.926. The van der Waals surface area contributed by atoms with Crippen LogP contribution in [0.2, 0.25) is 5.02 Å². The smallest absolute Gasteiger partial charge is 0.127 e. The molecule has 0 aliphatic carbocycles. The largest absolute Gasteiger partial charge is 0.326 e. The molecule has 1 saturated heterocycles. The van der Waals surface area contributed by atoms with Crippen molar-refractivity contribution in [1.82, 2.24) is 9.80 Å². The van der Waals surface area contributed by atoms with E-state index in [0.717, 1.165) is 26.1 Å². The molecule has 0 saturated carbocycles. The van der Waals surface area contributed by atoms with Crippen molar-refractivity contribution in [2.45, 2.75) is 24.9 Å². The summed E-state index contributed by atoms with van der Waals surface area (Å²) >= 11 is 5.78. The molecule has 1 aliphatic heterocycles. The third-order valence-electron chi connectivity index (χ3n) is 4.08. The minimum Gasteiger partial charge on any atom is -0.326 e. The van der Waals surface area contributed by atoms with Gasteiger partial charge < -0.3 is 15.5 Å². The van der Waals surface area contributed by atoms with Gasteiger partial charge in [0, 0.05) is 23.7 Å². The third-order valence-corrected chi connectivity index (χ3v) is 4.32. The summed E-state index contributed by atoms with van der Waals surface area (Å²) in [6, 6.07) is 4.97. The van der Waals surface area contributed by atoms with Crippen molar-refractivity contribution in [2.24, 2.45) is 5.73 Å². The first-order chi connectivity index (χ1) is 9.47. The van der Waals surface area contributed by atoms with Gasteiger partial charge in [-0.15, -0.1) is 0 Å². The van der Waals surface area contributed by atoms with Gasteiger partial charge in [-0.3, -0.25) is 0 Å². The molecule has 0 amide bonds. The number of benzene rings is 1. The Morgan fingerprint density at radius 2 is 2.15 bits per heavy atom. The Hall–Kier alpha value is -0.680. The third kappa shape index (κ3) is 3.92. The van der Waals surface area contributed by atoms with Gasteiger partial charge in [-0.25, -0.2) is 4.39 Å². The van der Waals surface area contributed by atoms with Gasteiger partial charge in [0.05, 0.1) is 0 Å². The molecule has 112 valence electrons. The van der Waals surface area contributed by atoms with E-state index in [1.54, 1.807) is 12.1 Å². The molecule has 1 heterocycles. The molecule has 2 atom stereocenters. The lowest BCUT2D eigenvalue weighted by atomic mass is 9.98. The monoisotopic (exact) mass is 299 g/mol. The summed E-state index contributed by atoms with van der Waals surface area (Å²) in [5, 5.41) is 0.422. The second-order valence-electron chi connectivity index (χ2n) is 5.77. The van der Waals surface area contributed by atoms with E-state index in [9.17, 15) is 4.39 Å². The zero-order chi connectivity index (χ0) is 14.7. The first kappa shape index (κ1) is 15.7. The van der Waals surface area contributed by atoms with Crippen molar-refractivity contribution in [3.05, 3.63) is 34.6 Å². The molecule has 0 spiro atoms. The molecule has 1 aromatic carbocycles. The highest BCUT2D eigenvalue weighted by atomic mass is 35.5. The summed E-state index contributed by atoms with van der Waals surface area (Å²) in [4.78, 5) is 4.59. The number of halogens is 2. The topological polar surface area (TPSA) is 32.5 Å². The molecule has 20 heavy (non-hydrogen) atoms.